The molecule has 0 aliphatic heterocycles. The molecule has 0 amide bonds. The number of nitrogens with two attached hydrogens (primary N) is 1. The molecule has 0 aliphatic rings. The molecule has 0 spiro atoms. The maximum Gasteiger partial charge on any atom is 0.123 e. The number of rotatable bonds is 11. The van der Waals surface area contributed by atoms with Crippen molar-refractivity contribution < 1.29 is 19.7 Å². The first-order chi connectivity index (χ1) is 10.2. The molecule has 1 aromatic carbocycles. The van der Waals surface area contributed by atoms with Gasteiger partial charge in [-0.2, -0.15) is 0 Å². The molecular weight excluding hydrogens is 272 g/mol. The second-order valence-electron chi connectivity index (χ2n) is 4.79. The van der Waals surface area contributed by atoms with Crippen LogP contribution >= 0.6 is 0 Å². The Bertz CT molecular complexity index is 390. The van der Waals surface area contributed by atoms with Gasteiger partial charge in [-0.15, -0.1) is 0 Å². The topological polar surface area (TPSA) is 88.2 Å². The summed E-state index contributed by atoms with van der Waals surface area (Å²) >= 11 is 0. The van der Waals surface area contributed by atoms with Crippen LogP contribution in [0.15, 0.2) is 24.3 Å². The van der Waals surface area contributed by atoms with Gasteiger partial charge in [0, 0.05) is 38.9 Å². The number of benzene rings is 1. The van der Waals surface area contributed by atoms with Crippen molar-refractivity contribution in [3.63, 3.8) is 0 Å². The van der Waals surface area contributed by atoms with Crippen molar-refractivity contribution in [3.05, 3.63) is 29.8 Å². The van der Waals surface area contributed by atoms with Gasteiger partial charge < -0.3 is 25.4 Å². The largest absolute Gasteiger partial charge is 0.491 e. The van der Waals surface area contributed by atoms with Gasteiger partial charge in [0.1, 0.15) is 18.5 Å². The Balaban J connectivity index is 2.42. The smallest absolute Gasteiger partial charge is 0.123 e. The lowest BCUT2D eigenvalue weighted by Gasteiger charge is -2.24. The fourth-order valence-electron chi connectivity index (χ4n) is 2.01. The van der Waals surface area contributed by atoms with Crippen LogP contribution in [0.25, 0.3) is 0 Å². The van der Waals surface area contributed by atoms with Gasteiger partial charge in [-0.3, -0.25) is 4.90 Å². The average molecular weight is 298 g/mol. The molecule has 4 N–H and O–H groups in total. The summed E-state index contributed by atoms with van der Waals surface area (Å²) in [5.41, 5.74) is 6.55. The first-order valence-corrected chi connectivity index (χ1v) is 7.12. The maximum absolute atomic E-state index is 10.1. The highest BCUT2D eigenvalue weighted by Gasteiger charge is 2.12. The second kappa shape index (κ2) is 10.5. The standard InChI is InChI=1S/C15H26N2O4/c1-20-9-7-17(6-8-18)11-14(19)12-21-15-5-3-2-4-13(15)10-16/h2-5,14,18-19H,6-12,16H2,1H3. The van der Waals surface area contributed by atoms with Crippen molar-refractivity contribution in [3.8, 4) is 5.75 Å². The van der Waals surface area contributed by atoms with E-state index in [2.05, 4.69) is 0 Å². The maximum atomic E-state index is 10.1. The molecule has 1 rings (SSSR count). The van der Waals surface area contributed by atoms with E-state index >= 15 is 0 Å². The summed E-state index contributed by atoms with van der Waals surface area (Å²) in [6.07, 6.45) is -0.640. The quantitative estimate of drug-likeness (QED) is 0.525. The van der Waals surface area contributed by atoms with Crippen molar-refractivity contribution in [2.45, 2.75) is 12.6 Å². The fraction of sp³-hybridized carbons (Fsp3) is 0.600. The number of aliphatic hydroxyl groups is 2. The summed E-state index contributed by atoms with van der Waals surface area (Å²) in [6.45, 7) is 2.78. The van der Waals surface area contributed by atoms with Crippen LogP contribution in [-0.4, -0.2) is 67.8 Å². The van der Waals surface area contributed by atoms with Gasteiger partial charge in [0.25, 0.3) is 0 Å². The summed E-state index contributed by atoms with van der Waals surface area (Å²) in [5, 5.41) is 19.1. The molecule has 0 saturated heterocycles. The molecule has 21 heavy (non-hydrogen) atoms. The molecule has 1 aromatic rings. The normalized spacial score (nSPS) is 12.6. The minimum absolute atomic E-state index is 0.0489. The van der Waals surface area contributed by atoms with Gasteiger partial charge in [0.2, 0.25) is 0 Å². The lowest BCUT2D eigenvalue weighted by molar-refractivity contribution is 0.0503. The van der Waals surface area contributed by atoms with Crippen molar-refractivity contribution in [2.24, 2.45) is 5.73 Å². The van der Waals surface area contributed by atoms with E-state index in [1.807, 2.05) is 29.2 Å². The predicted molar refractivity (Wildman–Crippen MR) is 81.2 cm³/mol. The Kier molecular flexibility index (Phi) is 8.96. The van der Waals surface area contributed by atoms with Crippen LogP contribution in [-0.2, 0) is 11.3 Å². The van der Waals surface area contributed by atoms with Crippen LogP contribution in [0.2, 0.25) is 0 Å². The molecular formula is C15H26N2O4. The molecule has 0 bridgehead atoms. The number of hydrogen-bond acceptors (Lipinski definition) is 6. The predicted octanol–water partition coefficient (Wildman–Crippen LogP) is -0.174. The average Bonchev–Trinajstić information content (AvgIpc) is 2.51. The number of ether oxygens (including phenoxy) is 2. The number of nitrogens with zero attached hydrogens (tertiary/aromatic N) is 1. The molecule has 0 radical (unpaired) electrons. The van der Waals surface area contributed by atoms with E-state index in [-0.39, 0.29) is 13.2 Å². The summed E-state index contributed by atoms with van der Waals surface area (Å²) in [4.78, 5) is 1.94. The third kappa shape index (κ3) is 6.88. The van der Waals surface area contributed by atoms with Crippen LogP contribution in [0.1, 0.15) is 5.56 Å². The summed E-state index contributed by atoms with van der Waals surface area (Å²) in [5.74, 6) is 0.699. The Morgan fingerprint density at radius 1 is 1.29 bits per heavy atom. The van der Waals surface area contributed by atoms with Crippen LogP contribution in [0, 0.1) is 0 Å². The highest BCUT2D eigenvalue weighted by atomic mass is 16.5. The van der Waals surface area contributed by atoms with Crippen LogP contribution < -0.4 is 10.5 Å². The van der Waals surface area contributed by atoms with E-state index in [1.54, 1.807) is 7.11 Å². The van der Waals surface area contributed by atoms with E-state index in [4.69, 9.17) is 20.3 Å². The minimum atomic E-state index is -0.640. The van der Waals surface area contributed by atoms with E-state index < -0.39 is 6.10 Å². The molecule has 0 heterocycles. The van der Waals surface area contributed by atoms with Gasteiger partial charge >= 0.3 is 0 Å². The highest BCUT2D eigenvalue weighted by molar-refractivity contribution is 5.32. The molecule has 0 saturated carbocycles. The fourth-order valence-corrected chi connectivity index (χ4v) is 2.01. The lowest BCUT2D eigenvalue weighted by Crippen LogP contribution is -2.39. The van der Waals surface area contributed by atoms with Gasteiger partial charge in [-0.05, 0) is 6.07 Å². The SMILES string of the molecule is COCCN(CCO)CC(O)COc1ccccc1CN. The lowest BCUT2D eigenvalue weighted by atomic mass is 10.2. The zero-order valence-corrected chi connectivity index (χ0v) is 12.6. The van der Waals surface area contributed by atoms with Crippen LogP contribution in [0.3, 0.4) is 0 Å². The zero-order valence-electron chi connectivity index (χ0n) is 12.6. The van der Waals surface area contributed by atoms with E-state index in [0.717, 1.165) is 5.56 Å². The number of methoxy groups -OCH3 is 1. The van der Waals surface area contributed by atoms with E-state index in [1.165, 1.54) is 0 Å². The van der Waals surface area contributed by atoms with Crippen molar-refractivity contribution in [1.82, 2.24) is 4.90 Å². The molecule has 120 valence electrons. The van der Waals surface area contributed by atoms with Crippen molar-refractivity contribution in [2.75, 3.05) is 46.6 Å². The van der Waals surface area contributed by atoms with Gasteiger partial charge in [-0.25, -0.2) is 0 Å². The van der Waals surface area contributed by atoms with E-state index in [0.29, 0.717) is 38.5 Å². The minimum Gasteiger partial charge on any atom is -0.491 e. The third-order valence-corrected chi connectivity index (χ3v) is 3.12. The molecule has 0 aliphatic carbocycles. The zero-order chi connectivity index (χ0) is 15.5. The molecule has 0 fully saturated rings. The molecule has 1 unspecified atom stereocenters. The van der Waals surface area contributed by atoms with Crippen LogP contribution in [0.4, 0.5) is 0 Å². The number of para-hydroxylation sites is 1. The first-order valence-electron chi connectivity index (χ1n) is 7.12. The summed E-state index contributed by atoms with van der Waals surface area (Å²) < 4.78 is 10.6. The van der Waals surface area contributed by atoms with Crippen molar-refractivity contribution >= 4 is 0 Å². The molecule has 1 atom stereocenters. The molecule has 6 heteroatoms. The van der Waals surface area contributed by atoms with Crippen molar-refractivity contribution in [1.29, 1.82) is 0 Å². The number of hydrogen-bond donors (Lipinski definition) is 3. The second-order valence-corrected chi connectivity index (χ2v) is 4.79. The summed E-state index contributed by atoms with van der Waals surface area (Å²) in [7, 11) is 1.63. The Morgan fingerprint density at radius 2 is 2.05 bits per heavy atom. The first kappa shape index (κ1) is 17.9. The van der Waals surface area contributed by atoms with E-state index in [9.17, 15) is 5.11 Å². The Morgan fingerprint density at radius 3 is 2.71 bits per heavy atom. The van der Waals surface area contributed by atoms with Gasteiger partial charge in [0.15, 0.2) is 0 Å². The number of aliphatic hydroxyl groups excluding tert-OH is 2. The summed E-state index contributed by atoms with van der Waals surface area (Å²) in [6, 6.07) is 7.51. The third-order valence-electron chi connectivity index (χ3n) is 3.12. The highest BCUT2D eigenvalue weighted by Crippen LogP contribution is 2.17. The molecule has 6 nitrogen and oxygen atoms in total. The monoisotopic (exact) mass is 298 g/mol. The Labute approximate surface area is 126 Å². The Hall–Kier alpha value is -1.18. The van der Waals surface area contributed by atoms with Gasteiger partial charge in [-0.1, -0.05) is 18.2 Å². The molecule has 0 aromatic heterocycles. The van der Waals surface area contributed by atoms with Gasteiger partial charge in [0.05, 0.1) is 13.2 Å². The van der Waals surface area contributed by atoms with Crippen LogP contribution in [0.5, 0.6) is 5.75 Å².